The smallest absolute Gasteiger partial charge is 0.233 e. The van der Waals surface area contributed by atoms with Gasteiger partial charge < -0.3 is 10.2 Å². The van der Waals surface area contributed by atoms with Gasteiger partial charge in [0.25, 0.3) is 0 Å². The third-order valence-corrected chi connectivity index (χ3v) is 4.97. The number of nitrogens with one attached hydrogen (secondary N) is 1. The van der Waals surface area contributed by atoms with Gasteiger partial charge in [-0.15, -0.1) is 12.4 Å². The molecule has 0 saturated carbocycles. The second kappa shape index (κ2) is 6.55. The lowest BCUT2D eigenvalue weighted by atomic mass is 9.82. The van der Waals surface area contributed by atoms with E-state index >= 15 is 0 Å². The van der Waals surface area contributed by atoms with Crippen LogP contribution in [0.5, 0.6) is 0 Å². The van der Waals surface area contributed by atoms with Gasteiger partial charge in [-0.3, -0.25) is 4.79 Å². The molecule has 2 saturated heterocycles. The van der Waals surface area contributed by atoms with E-state index in [0.717, 1.165) is 37.9 Å². The first kappa shape index (κ1) is 17.2. The maximum absolute atomic E-state index is 13.5. The predicted molar refractivity (Wildman–Crippen MR) is 87.8 cm³/mol. The lowest BCUT2D eigenvalue weighted by Crippen LogP contribution is -2.50. The van der Waals surface area contributed by atoms with Crippen molar-refractivity contribution in [3.63, 3.8) is 0 Å². The minimum absolute atomic E-state index is 0. The number of carbonyl (C=O) groups is 1. The van der Waals surface area contributed by atoms with Crippen LogP contribution in [0.25, 0.3) is 0 Å². The molecule has 0 radical (unpaired) electrons. The molecule has 5 heteroatoms. The zero-order chi connectivity index (χ0) is 15.0. The quantitative estimate of drug-likeness (QED) is 0.906. The molecule has 1 N–H and O–H groups in total. The minimum atomic E-state index is -0.687. The van der Waals surface area contributed by atoms with Crippen LogP contribution in [-0.4, -0.2) is 36.0 Å². The Morgan fingerprint density at radius 2 is 2.00 bits per heavy atom. The van der Waals surface area contributed by atoms with Crippen LogP contribution < -0.4 is 5.32 Å². The van der Waals surface area contributed by atoms with E-state index in [0.29, 0.717) is 6.04 Å². The molecule has 22 heavy (non-hydrogen) atoms. The number of hydrogen-bond donors (Lipinski definition) is 1. The summed E-state index contributed by atoms with van der Waals surface area (Å²) in [5, 5.41) is 3.41. The molecule has 2 aliphatic heterocycles. The Kier molecular flexibility index (Phi) is 5.13. The number of benzene rings is 1. The molecular weight excluding hydrogens is 303 g/mol. The minimum Gasteiger partial charge on any atom is -0.335 e. The van der Waals surface area contributed by atoms with E-state index in [1.807, 2.05) is 19.9 Å². The summed E-state index contributed by atoms with van der Waals surface area (Å²) in [4.78, 5) is 15.2. The highest BCUT2D eigenvalue weighted by Crippen LogP contribution is 2.34. The molecule has 2 heterocycles. The van der Waals surface area contributed by atoms with Crippen LogP contribution in [0.4, 0.5) is 4.39 Å². The van der Waals surface area contributed by atoms with Crippen molar-refractivity contribution >= 4 is 18.3 Å². The summed E-state index contributed by atoms with van der Waals surface area (Å²) in [7, 11) is 0. The molecule has 122 valence electrons. The lowest BCUT2D eigenvalue weighted by molar-refractivity contribution is -0.139. The normalized spacial score (nSPS) is 24.6. The van der Waals surface area contributed by atoms with Gasteiger partial charge in [-0.05, 0) is 57.4 Å². The molecule has 2 aliphatic rings. The standard InChI is InChI=1S/C17H23FN2O.ClH/c1-17(2,12-4-3-5-13(18)10-12)16(21)20-14-6-7-15(20)11-19-9-8-14;/h3-5,10,14-15,19H,6-9,11H2,1-2H3;1H. The Balaban J connectivity index is 0.00000176. The summed E-state index contributed by atoms with van der Waals surface area (Å²) >= 11 is 0. The molecule has 3 nitrogen and oxygen atoms in total. The lowest BCUT2D eigenvalue weighted by Gasteiger charge is -2.36. The summed E-state index contributed by atoms with van der Waals surface area (Å²) in [5.74, 6) is -0.154. The van der Waals surface area contributed by atoms with Crippen molar-refractivity contribution in [2.75, 3.05) is 13.1 Å². The highest BCUT2D eigenvalue weighted by molar-refractivity contribution is 5.88. The van der Waals surface area contributed by atoms with Gasteiger partial charge in [0.1, 0.15) is 5.82 Å². The predicted octanol–water partition coefficient (Wildman–Crippen LogP) is 2.88. The zero-order valence-corrected chi connectivity index (χ0v) is 14.0. The summed E-state index contributed by atoms with van der Waals surface area (Å²) in [6.45, 7) is 5.66. The molecule has 2 fully saturated rings. The van der Waals surface area contributed by atoms with Crippen LogP contribution in [0, 0.1) is 5.82 Å². The van der Waals surface area contributed by atoms with Crippen LogP contribution in [-0.2, 0) is 10.2 Å². The molecule has 0 aliphatic carbocycles. The number of fused-ring (bicyclic) bond motifs is 2. The zero-order valence-electron chi connectivity index (χ0n) is 13.1. The maximum atomic E-state index is 13.5. The second-order valence-corrected chi connectivity index (χ2v) is 6.73. The van der Waals surface area contributed by atoms with Crippen LogP contribution >= 0.6 is 12.4 Å². The second-order valence-electron chi connectivity index (χ2n) is 6.73. The van der Waals surface area contributed by atoms with Crippen LogP contribution in [0.15, 0.2) is 24.3 Å². The highest BCUT2D eigenvalue weighted by atomic mass is 35.5. The third kappa shape index (κ3) is 2.99. The molecule has 0 spiro atoms. The summed E-state index contributed by atoms with van der Waals surface area (Å²) in [6.07, 6.45) is 3.18. The van der Waals surface area contributed by atoms with E-state index in [-0.39, 0.29) is 30.2 Å². The Hall–Kier alpha value is -1.13. The molecule has 2 atom stereocenters. The van der Waals surface area contributed by atoms with E-state index in [2.05, 4.69) is 10.2 Å². The van der Waals surface area contributed by atoms with Gasteiger partial charge in [0.2, 0.25) is 5.91 Å². The van der Waals surface area contributed by atoms with E-state index in [4.69, 9.17) is 0 Å². The fourth-order valence-electron chi connectivity index (χ4n) is 3.64. The largest absolute Gasteiger partial charge is 0.335 e. The first-order valence-electron chi connectivity index (χ1n) is 7.79. The fraction of sp³-hybridized carbons (Fsp3) is 0.588. The Labute approximate surface area is 137 Å². The van der Waals surface area contributed by atoms with Gasteiger partial charge in [0.15, 0.2) is 0 Å². The first-order chi connectivity index (χ1) is 10.00. The first-order valence-corrected chi connectivity index (χ1v) is 7.79. The number of nitrogens with zero attached hydrogens (tertiary/aromatic N) is 1. The number of rotatable bonds is 2. The van der Waals surface area contributed by atoms with Gasteiger partial charge in [0, 0.05) is 18.6 Å². The Morgan fingerprint density at radius 3 is 2.73 bits per heavy atom. The molecule has 1 aromatic rings. The average molecular weight is 327 g/mol. The van der Waals surface area contributed by atoms with Gasteiger partial charge in [-0.1, -0.05) is 12.1 Å². The molecule has 0 aromatic heterocycles. The fourth-order valence-corrected chi connectivity index (χ4v) is 3.64. The van der Waals surface area contributed by atoms with Crippen molar-refractivity contribution in [1.82, 2.24) is 10.2 Å². The van der Waals surface area contributed by atoms with Crippen LogP contribution in [0.2, 0.25) is 0 Å². The van der Waals surface area contributed by atoms with Crippen LogP contribution in [0.3, 0.4) is 0 Å². The average Bonchev–Trinajstić information content (AvgIpc) is 2.71. The summed E-state index contributed by atoms with van der Waals surface area (Å²) < 4.78 is 13.5. The van der Waals surface area contributed by atoms with E-state index in [1.165, 1.54) is 12.1 Å². The number of hydrogen-bond acceptors (Lipinski definition) is 2. The highest BCUT2D eigenvalue weighted by Gasteiger charge is 2.44. The maximum Gasteiger partial charge on any atom is 0.233 e. The van der Waals surface area contributed by atoms with E-state index in [1.54, 1.807) is 6.07 Å². The summed E-state index contributed by atoms with van der Waals surface area (Å²) in [5.41, 5.74) is 0.0666. The van der Waals surface area contributed by atoms with Gasteiger partial charge >= 0.3 is 0 Å². The molecular formula is C17H24ClFN2O. The number of carbonyl (C=O) groups excluding carboxylic acids is 1. The van der Waals surface area contributed by atoms with Crippen molar-refractivity contribution in [2.24, 2.45) is 0 Å². The Bertz CT molecular complexity index is 535. The van der Waals surface area contributed by atoms with Crippen molar-refractivity contribution in [3.8, 4) is 0 Å². The van der Waals surface area contributed by atoms with Crippen molar-refractivity contribution in [2.45, 2.75) is 50.6 Å². The molecule has 3 rings (SSSR count). The molecule has 1 aromatic carbocycles. The topological polar surface area (TPSA) is 32.3 Å². The molecule has 2 bridgehead atoms. The van der Waals surface area contributed by atoms with Gasteiger partial charge in [-0.2, -0.15) is 0 Å². The summed E-state index contributed by atoms with van der Waals surface area (Å²) in [6, 6.07) is 7.06. The molecule has 2 unspecified atom stereocenters. The van der Waals surface area contributed by atoms with E-state index < -0.39 is 5.41 Å². The van der Waals surface area contributed by atoms with Crippen LogP contribution in [0.1, 0.15) is 38.7 Å². The SMILES string of the molecule is CC(C)(C(=O)N1C2CCNCC1CC2)c1cccc(F)c1.Cl. The van der Waals surface area contributed by atoms with Crippen molar-refractivity contribution in [1.29, 1.82) is 0 Å². The number of amides is 1. The third-order valence-electron chi connectivity index (χ3n) is 4.97. The Morgan fingerprint density at radius 1 is 1.27 bits per heavy atom. The van der Waals surface area contributed by atoms with Crippen molar-refractivity contribution < 1.29 is 9.18 Å². The monoisotopic (exact) mass is 326 g/mol. The van der Waals surface area contributed by atoms with E-state index in [9.17, 15) is 9.18 Å². The van der Waals surface area contributed by atoms with Gasteiger partial charge in [0.05, 0.1) is 5.41 Å². The molecule has 1 amide bonds. The number of halogens is 2. The van der Waals surface area contributed by atoms with Crippen molar-refractivity contribution in [3.05, 3.63) is 35.6 Å². The van der Waals surface area contributed by atoms with Gasteiger partial charge in [-0.25, -0.2) is 4.39 Å².